The van der Waals surface area contributed by atoms with Crippen LogP contribution in [0.2, 0.25) is 0 Å². The predicted molar refractivity (Wildman–Crippen MR) is 108 cm³/mol. The Kier molecular flexibility index (Phi) is 6.20. The number of halogens is 3. The highest BCUT2D eigenvalue weighted by atomic mass is 32.2. The molecular weight excluding hydrogens is 435 g/mol. The minimum absolute atomic E-state index is 0.124. The van der Waals surface area contributed by atoms with E-state index in [1.54, 1.807) is 23.9 Å². The maximum Gasteiger partial charge on any atom is 0.390 e. The van der Waals surface area contributed by atoms with Gasteiger partial charge in [0.15, 0.2) is 0 Å². The zero-order chi connectivity index (χ0) is 22.8. The zero-order valence-electron chi connectivity index (χ0n) is 16.9. The van der Waals surface area contributed by atoms with Gasteiger partial charge in [0.2, 0.25) is 15.9 Å². The van der Waals surface area contributed by atoms with Gasteiger partial charge in [0.25, 0.3) is 0 Å². The topological polar surface area (TPSA) is 99.0 Å². The van der Waals surface area contributed by atoms with E-state index in [-0.39, 0.29) is 11.6 Å². The van der Waals surface area contributed by atoms with Gasteiger partial charge in [0.05, 0.1) is 17.9 Å². The Labute approximate surface area is 177 Å². The van der Waals surface area contributed by atoms with Crippen molar-refractivity contribution >= 4 is 15.7 Å². The number of aryl methyl sites for hydroxylation is 2. The lowest BCUT2D eigenvalue weighted by molar-refractivity contribution is -0.129. The Morgan fingerprint density at radius 2 is 1.77 bits per heavy atom. The molecule has 0 spiro atoms. The molecule has 3 rings (SSSR count). The predicted octanol–water partition coefficient (Wildman–Crippen LogP) is 4.07. The van der Waals surface area contributed by atoms with E-state index >= 15 is 0 Å². The second-order valence-corrected chi connectivity index (χ2v) is 8.65. The number of hydrogen-bond acceptors (Lipinski definition) is 6. The fourth-order valence-electron chi connectivity index (χ4n) is 2.62. The van der Waals surface area contributed by atoms with E-state index < -0.39 is 28.4 Å². The Hall–Kier alpha value is -3.15. The highest BCUT2D eigenvalue weighted by Crippen LogP contribution is 2.25. The Morgan fingerprint density at radius 1 is 1.10 bits per heavy atom. The van der Waals surface area contributed by atoms with Crippen LogP contribution in [-0.2, 0) is 10.0 Å². The molecule has 0 amide bonds. The van der Waals surface area contributed by atoms with Gasteiger partial charge >= 0.3 is 6.18 Å². The molecule has 3 aromatic rings. The van der Waals surface area contributed by atoms with E-state index in [0.717, 1.165) is 11.4 Å². The third kappa shape index (κ3) is 6.17. The van der Waals surface area contributed by atoms with Crippen molar-refractivity contribution in [3.8, 4) is 17.4 Å². The van der Waals surface area contributed by atoms with Crippen LogP contribution in [0.4, 0.5) is 18.9 Å². The van der Waals surface area contributed by atoms with Crippen molar-refractivity contribution < 1.29 is 26.3 Å². The second kappa shape index (κ2) is 8.53. The van der Waals surface area contributed by atoms with Crippen LogP contribution < -0.4 is 9.46 Å². The summed E-state index contributed by atoms with van der Waals surface area (Å²) in [6.45, 7) is 5.51. The molecule has 166 valence electrons. The smallest absolute Gasteiger partial charge is 0.390 e. The molecule has 2 aromatic heterocycles. The van der Waals surface area contributed by atoms with Crippen molar-refractivity contribution in [1.82, 2.24) is 19.5 Å². The summed E-state index contributed by atoms with van der Waals surface area (Å²) in [5.41, 5.74) is 1.91. The molecule has 1 aromatic carbocycles. The van der Waals surface area contributed by atoms with E-state index in [9.17, 15) is 21.6 Å². The molecule has 0 atom stereocenters. The number of benzene rings is 1. The lowest BCUT2D eigenvalue weighted by atomic mass is 10.3. The lowest BCUT2D eigenvalue weighted by Crippen LogP contribution is -2.21. The standard InChI is InChI=1S/C19H20F3N5O3S/c1-12-13(2)27(11-23-12)17-10-18(25-14(3)24-17)30-16-6-4-15(5-7-16)26-31(28,29)9-8-19(20,21)22/h4-7,10-11,26H,8-9H2,1-3H3. The van der Waals surface area contributed by atoms with Crippen LogP contribution in [-0.4, -0.2) is 39.9 Å². The third-order valence-electron chi connectivity index (χ3n) is 4.30. The van der Waals surface area contributed by atoms with Crippen LogP contribution in [0.5, 0.6) is 11.6 Å². The summed E-state index contributed by atoms with van der Waals surface area (Å²) in [4.78, 5) is 12.9. The van der Waals surface area contributed by atoms with Gasteiger partial charge in [-0.15, -0.1) is 0 Å². The summed E-state index contributed by atoms with van der Waals surface area (Å²) < 4.78 is 70.0. The van der Waals surface area contributed by atoms with Crippen LogP contribution in [0.15, 0.2) is 36.7 Å². The van der Waals surface area contributed by atoms with Gasteiger partial charge in [0, 0.05) is 17.4 Å². The number of sulfonamides is 1. The van der Waals surface area contributed by atoms with Crippen molar-refractivity contribution in [3.05, 3.63) is 53.9 Å². The SMILES string of the molecule is Cc1nc(Oc2ccc(NS(=O)(=O)CCC(F)(F)F)cc2)cc(-n2cnc(C)c2C)n1. The molecule has 12 heteroatoms. The molecule has 0 unspecified atom stereocenters. The number of anilines is 1. The lowest BCUT2D eigenvalue weighted by Gasteiger charge is -2.11. The molecule has 0 fully saturated rings. The molecule has 0 aliphatic rings. The molecule has 1 N–H and O–H groups in total. The molecule has 31 heavy (non-hydrogen) atoms. The third-order valence-corrected chi connectivity index (χ3v) is 5.59. The highest BCUT2D eigenvalue weighted by molar-refractivity contribution is 7.92. The number of aromatic nitrogens is 4. The Bertz CT molecular complexity index is 1180. The van der Waals surface area contributed by atoms with Crippen LogP contribution in [0, 0.1) is 20.8 Å². The monoisotopic (exact) mass is 455 g/mol. The van der Waals surface area contributed by atoms with Gasteiger partial charge in [-0.25, -0.2) is 18.4 Å². The number of alkyl halides is 3. The molecule has 0 radical (unpaired) electrons. The van der Waals surface area contributed by atoms with Gasteiger partial charge in [-0.2, -0.15) is 18.2 Å². The average Bonchev–Trinajstić information content (AvgIpc) is 3.00. The molecule has 0 aliphatic carbocycles. The second-order valence-electron chi connectivity index (χ2n) is 6.81. The van der Waals surface area contributed by atoms with Gasteiger partial charge < -0.3 is 4.74 Å². The van der Waals surface area contributed by atoms with Gasteiger partial charge in [0.1, 0.15) is 23.7 Å². The van der Waals surface area contributed by atoms with Crippen LogP contribution in [0.3, 0.4) is 0 Å². The first-order chi connectivity index (χ1) is 14.4. The summed E-state index contributed by atoms with van der Waals surface area (Å²) in [5.74, 6) is 0.639. The first-order valence-corrected chi connectivity index (χ1v) is 10.8. The molecular formula is C19H20F3N5O3S. The number of hydrogen-bond donors (Lipinski definition) is 1. The van der Waals surface area contributed by atoms with E-state index in [1.807, 2.05) is 13.8 Å². The summed E-state index contributed by atoms with van der Waals surface area (Å²) in [6.07, 6.45) is -4.32. The van der Waals surface area contributed by atoms with Crippen LogP contribution >= 0.6 is 0 Å². The van der Waals surface area contributed by atoms with E-state index in [4.69, 9.17) is 4.74 Å². The highest BCUT2D eigenvalue weighted by Gasteiger charge is 2.29. The van der Waals surface area contributed by atoms with Crippen LogP contribution in [0.25, 0.3) is 5.82 Å². The molecule has 8 nitrogen and oxygen atoms in total. The Balaban J connectivity index is 1.72. The minimum Gasteiger partial charge on any atom is -0.439 e. The van der Waals surface area contributed by atoms with Gasteiger partial charge in [-0.1, -0.05) is 0 Å². The van der Waals surface area contributed by atoms with Crippen molar-refractivity contribution in [2.45, 2.75) is 33.4 Å². The Morgan fingerprint density at radius 3 is 2.35 bits per heavy atom. The van der Waals surface area contributed by atoms with Crippen molar-refractivity contribution in [2.75, 3.05) is 10.5 Å². The summed E-state index contributed by atoms with van der Waals surface area (Å²) in [5, 5.41) is 0. The molecule has 2 heterocycles. The van der Waals surface area contributed by atoms with E-state index in [0.29, 0.717) is 17.4 Å². The molecule has 0 saturated carbocycles. The number of rotatable bonds is 7. The van der Waals surface area contributed by atoms with E-state index in [2.05, 4.69) is 19.7 Å². The summed E-state index contributed by atoms with van der Waals surface area (Å²) in [7, 11) is -4.12. The van der Waals surface area contributed by atoms with Crippen LogP contribution in [0.1, 0.15) is 23.6 Å². The number of nitrogens with zero attached hydrogens (tertiary/aromatic N) is 4. The first kappa shape index (κ1) is 22.5. The fraction of sp³-hybridized carbons (Fsp3) is 0.316. The molecule has 0 saturated heterocycles. The van der Waals surface area contributed by atoms with E-state index in [1.165, 1.54) is 24.3 Å². The van der Waals surface area contributed by atoms with Crippen molar-refractivity contribution in [3.63, 3.8) is 0 Å². The van der Waals surface area contributed by atoms with Gasteiger partial charge in [-0.05, 0) is 45.0 Å². The maximum absolute atomic E-state index is 12.2. The quantitative estimate of drug-likeness (QED) is 0.577. The largest absolute Gasteiger partial charge is 0.439 e. The van der Waals surface area contributed by atoms with Crippen molar-refractivity contribution in [1.29, 1.82) is 0 Å². The zero-order valence-corrected chi connectivity index (χ0v) is 17.8. The van der Waals surface area contributed by atoms with Crippen molar-refractivity contribution in [2.24, 2.45) is 0 Å². The average molecular weight is 455 g/mol. The fourth-order valence-corrected chi connectivity index (χ4v) is 3.72. The number of ether oxygens (including phenoxy) is 1. The maximum atomic E-state index is 12.2. The number of nitrogens with one attached hydrogen (secondary N) is 1. The number of imidazole rings is 1. The molecule has 0 aliphatic heterocycles. The molecule has 0 bridgehead atoms. The first-order valence-electron chi connectivity index (χ1n) is 9.14. The minimum atomic E-state index is -4.55. The summed E-state index contributed by atoms with van der Waals surface area (Å²) in [6, 6.07) is 7.36. The normalized spacial score (nSPS) is 12.1. The van der Waals surface area contributed by atoms with Gasteiger partial charge in [-0.3, -0.25) is 9.29 Å². The summed E-state index contributed by atoms with van der Waals surface area (Å²) >= 11 is 0.